The van der Waals surface area contributed by atoms with E-state index in [2.05, 4.69) is 9.97 Å². The molecule has 0 spiro atoms. The second kappa shape index (κ2) is 6.28. The summed E-state index contributed by atoms with van der Waals surface area (Å²) >= 11 is 0. The first-order chi connectivity index (χ1) is 8.43. The van der Waals surface area contributed by atoms with E-state index in [1.165, 1.54) is 6.33 Å². The van der Waals surface area contributed by atoms with Crippen LogP contribution in [-0.2, 0) is 4.79 Å². The largest absolute Gasteiger partial charge is 0.481 e. The van der Waals surface area contributed by atoms with Crippen LogP contribution in [-0.4, -0.2) is 33.6 Å². The topological polar surface area (TPSA) is 66.3 Å². The molecular formula is C12H18FN3O2. The number of carbonyl (C=O) groups is 1. The molecule has 0 aliphatic rings. The lowest BCUT2D eigenvalue weighted by Crippen LogP contribution is -2.33. The maximum Gasteiger partial charge on any atom is 0.303 e. The van der Waals surface area contributed by atoms with E-state index in [-0.39, 0.29) is 18.3 Å². The molecule has 0 saturated heterocycles. The average molecular weight is 255 g/mol. The van der Waals surface area contributed by atoms with Crippen LogP contribution in [0.4, 0.5) is 10.2 Å². The van der Waals surface area contributed by atoms with Gasteiger partial charge in [-0.05, 0) is 27.2 Å². The monoisotopic (exact) mass is 255 g/mol. The fraction of sp³-hybridized carbons (Fsp3) is 0.583. The number of rotatable bonds is 6. The van der Waals surface area contributed by atoms with Gasteiger partial charge in [-0.2, -0.15) is 0 Å². The van der Waals surface area contributed by atoms with Crippen molar-refractivity contribution in [2.24, 2.45) is 0 Å². The summed E-state index contributed by atoms with van der Waals surface area (Å²) in [7, 11) is 0. The summed E-state index contributed by atoms with van der Waals surface area (Å²) in [6, 6.07) is 0.0441. The molecule has 6 heteroatoms. The van der Waals surface area contributed by atoms with Crippen LogP contribution in [0.25, 0.3) is 0 Å². The molecule has 0 aliphatic heterocycles. The lowest BCUT2D eigenvalue weighted by atomic mass is 10.2. The summed E-state index contributed by atoms with van der Waals surface area (Å²) in [6.07, 6.45) is 1.84. The molecule has 0 aromatic carbocycles. The third-order valence-electron chi connectivity index (χ3n) is 2.63. The maximum atomic E-state index is 13.9. The molecule has 1 heterocycles. The van der Waals surface area contributed by atoms with Gasteiger partial charge >= 0.3 is 5.97 Å². The van der Waals surface area contributed by atoms with E-state index in [9.17, 15) is 9.18 Å². The highest BCUT2D eigenvalue weighted by molar-refractivity contribution is 5.66. The first-order valence-electron chi connectivity index (χ1n) is 5.89. The molecule has 0 bridgehead atoms. The van der Waals surface area contributed by atoms with Gasteiger partial charge in [0.05, 0.1) is 5.69 Å². The Labute approximate surface area is 106 Å². The van der Waals surface area contributed by atoms with Crippen LogP contribution in [0.5, 0.6) is 0 Å². The van der Waals surface area contributed by atoms with Gasteiger partial charge in [-0.15, -0.1) is 0 Å². The Balaban J connectivity index is 2.84. The van der Waals surface area contributed by atoms with Crippen molar-refractivity contribution in [2.45, 2.75) is 39.7 Å². The molecule has 0 aliphatic carbocycles. The fourth-order valence-electron chi connectivity index (χ4n) is 1.65. The Morgan fingerprint density at radius 3 is 2.72 bits per heavy atom. The third-order valence-corrected chi connectivity index (χ3v) is 2.63. The van der Waals surface area contributed by atoms with Crippen molar-refractivity contribution in [1.82, 2.24) is 9.97 Å². The Morgan fingerprint density at radius 2 is 2.17 bits per heavy atom. The number of hydrogen-bond acceptors (Lipinski definition) is 4. The lowest BCUT2D eigenvalue weighted by Gasteiger charge is -2.28. The zero-order valence-electron chi connectivity index (χ0n) is 10.9. The molecule has 1 aromatic rings. The zero-order chi connectivity index (χ0) is 13.7. The van der Waals surface area contributed by atoms with Crippen molar-refractivity contribution < 1.29 is 14.3 Å². The van der Waals surface area contributed by atoms with E-state index in [0.29, 0.717) is 18.7 Å². The molecule has 0 unspecified atom stereocenters. The number of aromatic nitrogens is 2. The number of anilines is 1. The summed E-state index contributed by atoms with van der Waals surface area (Å²) in [5.41, 5.74) is 0.295. The molecule has 1 rings (SSSR count). The van der Waals surface area contributed by atoms with Crippen molar-refractivity contribution in [2.75, 3.05) is 11.4 Å². The van der Waals surface area contributed by atoms with Gasteiger partial charge in [-0.25, -0.2) is 14.4 Å². The number of aryl methyl sites for hydroxylation is 1. The van der Waals surface area contributed by atoms with Gasteiger partial charge in [-0.1, -0.05) is 0 Å². The number of aliphatic carboxylic acids is 1. The van der Waals surface area contributed by atoms with Gasteiger partial charge in [0.2, 0.25) is 0 Å². The minimum atomic E-state index is -0.849. The van der Waals surface area contributed by atoms with E-state index in [1.807, 2.05) is 13.8 Å². The highest BCUT2D eigenvalue weighted by Crippen LogP contribution is 2.20. The van der Waals surface area contributed by atoms with Crippen molar-refractivity contribution in [3.05, 3.63) is 17.8 Å². The zero-order valence-corrected chi connectivity index (χ0v) is 10.9. The molecule has 0 atom stereocenters. The van der Waals surface area contributed by atoms with Gasteiger partial charge in [-0.3, -0.25) is 4.79 Å². The summed E-state index contributed by atoms with van der Waals surface area (Å²) < 4.78 is 13.9. The standard InChI is InChI=1S/C12H18FN3O2/c1-8(2)16(6-4-5-10(17)18)12-11(13)9(3)14-7-15-12/h7-8H,4-6H2,1-3H3,(H,17,18). The number of halogens is 1. The van der Waals surface area contributed by atoms with Gasteiger partial charge < -0.3 is 10.0 Å². The van der Waals surface area contributed by atoms with Gasteiger partial charge in [0.15, 0.2) is 11.6 Å². The van der Waals surface area contributed by atoms with Crippen molar-refractivity contribution in [3.63, 3.8) is 0 Å². The first-order valence-corrected chi connectivity index (χ1v) is 5.89. The normalized spacial score (nSPS) is 10.7. The summed E-state index contributed by atoms with van der Waals surface area (Å²) in [5, 5.41) is 8.62. The van der Waals surface area contributed by atoms with Crippen LogP contribution in [0, 0.1) is 12.7 Å². The Morgan fingerprint density at radius 1 is 1.50 bits per heavy atom. The van der Waals surface area contributed by atoms with E-state index < -0.39 is 11.8 Å². The highest BCUT2D eigenvalue weighted by Gasteiger charge is 2.18. The Hall–Kier alpha value is -1.72. The van der Waals surface area contributed by atoms with Crippen molar-refractivity contribution in [1.29, 1.82) is 0 Å². The smallest absolute Gasteiger partial charge is 0.303 e. The van der Waals surface area contributed by atoms with E-state index >= 15 is 0 Å². The molecule has 0 fully saturated rings. The number of hydrogen-bond donors (Lipinski definition) is 1. The summed E-state index contributed by atoms with van der Waals surface area (Å²) in [5.74, 6) is -1.05. The second-order valence-corrected chi connectivity index (χ2v) is 4.38. The molecule has 1 N–H and O–H groups in total. The second-order valence-electron chi connectivity index (χ2n) is 4.38. The van der Waals surface area contributed by atoms with E-state index in [1.54, 1.807) is 11.8 Å². The Kier molecular flexibility index (Phi) is 5.00. The molecule has 0 amide bonds. The van der Waals surface area contributed by atoms with Crippen LogP contribution >= 0.6 is 0 Å². The first kappa shape index (κ1) is 14.3. The quantitative estimate of drug-likeness (QED) is 0.842. The Bertz CT molecular complexity index is 424. The number of carboxylic acid groups (broad SMARTS) is 1. The molecule has 0 radical (unpaired) electrons. The van der Waals surface area contributed by atoms with Crippen LogP contribution in [0.3, 0.4) is 0 Å². The minimum absolute atomic E-state index is 0.0441. The summed E-state index contributed by atoms with van der Waals surface area (Å²) in [4.78, 5) is 20.0. The highest BCUT2D eigenvalue weighted by atomic mass is 19.1. The van der Waals surface area contributed by atoms with Crippen molar-refractivity contribution in [3.8, 4) is 0 Å². The van der Waals surface area contributed by atoms with Crippen LogP contribution in [0.15, 0.2) is 6.33 Å². The van der Waals surface area contributed by atoms with Gasteiger partial charge in [0.25, 0.3) is 0 Å². The molecule has 100 valence electrons. The SMILES string of the molecule is Cc1ncnc(N(CCCC(=O)O)C(C)C)c1F. The van der Waals surface area contributed by atoms with E-state index in [0.717, 1.165) is 0 Å². The maximum absolute atomic E-state index is 13.9. The van der Waals surface area contributed by atoms with Gasteiger partial charge in [0.1, 0.15) is 6.33 Å². The van der Waals surface area contributed by atoms with Crippen LogP contribution < -0.4 is 4.90 Å². The van der Waals surface area contributed by atoms with Crippen molar-refractivity contribution >= 4 is 11.8 Å². The molecule has 5 nitrogen and oxygen atoms in total. The molecule has 0 saturated carbocycles. The van der Waals surface area contributed by atoms with E-state index in [4.69, 9.17) is 5.11 Å². The van der Waals surface area contributed by atoms with Crippen LogP contribution in [0.1, 0.15) is 32.4 Å². The molecule has 18 heavy (non-hydrogen) atoms. The fourth-order valence-corrected chi connectivity index (χ4v) is 1.65. The van der Waals surface area contributed by atoms with Gasteiger partial charge in [0, 0.05) is 19.0 Å². The number of nitrogens with zero attached hydrogens (tertiary/aromatic N) is 3. The lowest BCUT2D eigenvalue weighted by molar-refractivity contribution is -0.137. The molecule has 1 aromatic heterocycles. The predicted octanol–water partition coefficient (Wildman–Crippen LogP) is 2.00. The number of carboxylic acids is 1. The molecular weight excluding hydrogens is 237 g/mol. The predicted molar refractivity (Wildman–Crippen MR) is 66.1 cm³/mol. The third kappa shape index (κ3) is 3.65. The van der Waals surface area contributed by atoms with Crippen LogP contribution in [0.2, 0.25) is 0 Å². The average Bonchev–Trinajstić information content (AvgIpc) is 2.28. The summed E-state index contributed by atoms with van der Waals surface area (Å²) in [6.45, 7) is 5.86. The minimum Gasteiger partial charge on any atom is -0.481 e.